The first-order chi connectivity index (χ1) is 8.26. The minimum absolute atomic E-state index is 0.278. The van der Waals surface area contributed by atoms with Gasteiger partial charge in [0.25, 0.3) is 0 Å². The van der Waals surface area contributed by atoms with Crippen LogP contribution in [0.3, 0.4) is 0 Å². The first-order valence-electron chi connectivity index (χ1n) is 5.05. The topological polar surface area (TPSA) is 41.8 Å². The van der Waals surface area contributed by atoms with Crippen LogP contribution >= 0.6 is 11.6 Å². The smallest absolute Gasteiger partial charge is 0.243 e. The Morgan fingerprint density at radius 1 is 1.35 bits per heavy atom. The number of rotatable bonds is 2. The summed E-state index contributed by atoms with van der Waals surface area (Å²) in [4.78, 5) is 7.24. The predicted molar refractivity (Wildman–Crippen MR) is 63.3 cm³/mol. The van der Waals surface area contributed by atoms with Gasteiger partial charge in [-0.15, -0.1) is 11.6 Å². The molecule has 0 spiro atoms. The lowest BCUT2D eigenvalue weighted by molar-refractivity contribution is 0.571. The van der Waals surface area contributed by atoms with Gasteiger partial charge in [0.1, 0.15) is 17.8 Å². The third-order valence-corrected chi connectivity index (χ3v) is 2.78. The predicted octanol–water partition coefficient (Wildman–Crippen LogP) is 3.70. The van der Waals surface area contributed by atoms with Crippen LogP contribution in [-0.4, -0.2) is 9.97 Å². The molecule has 1 N–H and O–H groups in total. The number of oxazole rings is 1. The Kier molecular flexibility index (Phi) is 2.37. The van der Waals surface area contributed by atoms with Gasteiger partial charge in [-0.25, -0.2) is 9.37 Å². The zero-order valence-corrected chi connectivity index (χ0v) is 9.46. The standard InChI is InChI=1S/C12H8ClFN2O/c13-5-9-6-17-12(15-9)11-3-7-1-2-8(14)4-10(7)16-11/h1-4,6,16H,5H2. The van der Waals surface area contributed by atoms with Gasteiger partial charge in [-0.2, -0.15) is 0 Å². The second-order valence-corrected chi connectivity index (χ2v) is 3.96. The molecule has 0 unspecified atom stereocenters. The van der Waals surface area contributed by atoms with Crippen molar-refractivity contribution in [1.82, 2.24) is 9.97 Å². The molecule has 0 aliphatic rings. The lowest BCUT2D eigenvalue weighted by atomic mass is 10.2. The van der Waals surface area contributed by atoms with Gasteiger partial charge in [-0.1, -0.05) is 0 Å². The van der Waals surface area contributed by atoms with Crippen molar-refractivity contribution in [2.45, 2.75) is 5.88 Å². The molecule has 3 nitrogen and oxygen atoms in total. The third kappa shape index (κ3) is 1.80. The third-order valence-electron chi connectivity index (χ3n) is 2.50. The highest BCUT2D eigenvalue weighted by atomic mass is 35.5. The molecular formula is C12H8ClFN2O. The van der Waals surface area contributed by atoms with Crippen LogP contribution in [0.5, 0.6) is 0 Å². The molecule has 0 amide bonds. The van der Waals surface area contributed by atoms with E-state index in [2.05, 4.69) is 9.97 Å². The molecule has 0 atom stereocenters. The summed E-state index contributed by atoms with van der Waals surface area (Å²) in [6.45, 7) is 0. The number of H-pyrrole nitrogens is 1. The molecule has 5 heteroatoms. The quantitative estimate of drug-likeness (QED) is 0.705. The molecule has 2 heterocycles. The van der Waals surface area contributed by atoms with Gasteiger partial charge in [0, 0.05) is 10.9 Å². The van der Waals surface area contributed by atoms with Crippen molar-refractivity contribution in [2.75, 3.05) is 0 Å². The fourth-order valence-electron chi connectivity index (χ4n) is 1.71. The number of nitrogens with zero attached hydrogens (tertiary/aromatic N) is 1. The maximum Gasteiger partial charge on any atom is 0.243 e. The monoisotopic (exact) mass is 250 g/mol. The van der Waals surface area contributed by atoms with E-state index in [9.17, 15) is 4.39 Å². The van der Waals surface area contributed by atoms with Crippen molar-refractivity contribution >= 4 is 22.5 Å². The number of benzene rings is 1. The Morgan fingerprint density at radius 2 is 2.24 bits per heavy atom. The molecule has 0 saturated heterocycles. The SMILES string of the molecule is Fc1ccc2cc(-c3nc(CCl)co3)[nH]c2c1. The molecule has 0 bridgehead atoms. The molecule has 0 aliphatic heterocycles. The zero-order chi connectivity index (χ0) is 11.8. The van der Waals surface area contributed by atoms with E-state index in [1.807, 2.05) is 6.07 Å². The van der Waals surface area contributed by atoms with Crippen molar-refractivity contribution in [3.05, 3.63) is 42.0 Å². The van der Waals surface area contributed by atoms with E-state index in [4.69, 9.17) is 16.0 Å². The Balaban J connectivity index is 2.11. The zero-order valence-electron chi connectivity index (χ0n) is 8.71. The van der Waals surface area contributed by atoms with Crippen LogP contribution in [0, 0.1) is 5.82 Å². The van der Waals surface area contributed by atoms with Crippen LogP contribution < -0.4 is 0 Å². The maximum atomic E-state index is 13.0. The second-order valence-electron chi connectivity index (χ2n) is 3.69. The van der Waals surface area contributed by atoms with Crippen LogP contribution in [-0.2, 0) is 5.88 Å². The van der Waals surface area contributed by atoms with Gasteiger partial charge < -0.3 is 9.40 Å². The number of hydrogen-bond donors (Lipinski definition) is 1. The van der Waals surface area contributed by atoms with Gasteiger partial charge in [-0.05, 0) is 24.3 Å². The van der Waals surface area contributed by atoms with E-state index >= 15 is 0 Å². The summed E-state index contributed by atoms with van der Waals surface area (Å²) in [6, 6.07) is 6.42. The summed E-state index contributed by atoms with van der Waals surface area (Å²) in [6.07, 6.45) is 1.51. The molecule has 0 saturated carbocycles. The van der Waals surface area contributed by atoms with E-state index in [0.717, 1.165) is 5.39 Å². The highest BCUT2D eigenvalue weighted by Gasteiger charge is 2.09. The van der Waals surface area contributed by atoms with Gasteiger partial charge >= 0.3 is 0 Å². The molecule has 3 rings (SSSR count). The lowest BCUT2D eigenvalue weighted by Crippen LogP contribution is -1.79. The van der Waals surface area contributed by atoms with Crippen molar-refractivity contribution in [3.63, 3.8) is 0 Å². The van der Waals surface area contributed by atoms with Crippen molar-refractivity contribution in [1.29, 1.82) is 0 Å². The Labute approximate surface area is 101 Å². The molecular weight excluding hydrogens is 243 g/mol. The summed E-state index contributed by atoms with van der Waals surface area (Å²) in [7, 11) is 0. The maximum absolute atomic E-state index is 13.0. The van der Waals surface area contributed by atoms with Gasteiger partial charge in [0.15, 0.2) is 0 Å². The van der Waals surface area contributed by atoms with Crippen LogP contribution in [0.4, 0.5) is 4.39 Å². The number of nitrogens with one attached hydrogen (secondary N) is 1. The summed E-state index contributed by atoms with van der Waals surface area (Å²) >= 11 is 5.64. The molecule has 17 heavy (non-hydrogen) atoms. The van der Waals surface area contributed by atoms with Crippen LogP contribution in [0.15, 0.2) is 34.9 Å². The van der Waals surface area contributed by atoms with E-state index in [0.29, 0.717) is 28.7 Å². The minimum Gasteiger partial charge on any atom is -0.443 e. The molecule has 0 radical (unpaired) electrons. The van der Waals surface area contributed by atoms with Crippen LogP contribution in [0.25, 0.3) is 22.5 Å². The fraction of sp³-hybridized carbons (Fsp3) is 0.0833. The number of halogens is 2. The average Bonchev–Trinajstić information content (AvgIpc) is 2.93. The molecule has 3 aromatic rings. The molecule has 2 aromatic heterocycles. The molecule has 1 aromatic carbocycles. The molecule has 86 valence electrons. The highest BCUT2D eigenvalue weighted by Crippen LogP contribution is 2.24. The first kappa shape index (κ1) is 10.4. The largest absolute Gasteiger partial charge is 0.443 e. The van der Waals surface area contributed by atoms with Crippen LogP contribution in [0.2, 0.25) is 0 Å². The van der Waals surface area contributed by atoms with Gasteiger partial charge in [0.2, 0.25) is 5.89 Å². The fourth-order valence-corrected chi connectivity index (χ4v) is 1.83. The normalized spacial score (nSPS) is 11.2. The lowest BCUT2D eigenvalue weighted by Gasteiger charge is -1.88. The molecule has 0 fully saturated rings. The first-order valence-corrected chi connectivity index (χ1v) is 5.59. The Bertz CT molecular complexity index is 674. The Morgan fingerprint density at radius 3 is 3.00 bits per heavy atom. The summed E-state index contributed by atoms with van der Waals surface area (Å²) in [5.41, 5.74) is 2.10. The number of hydrogen-bond acceptors (Lipinski definition) is 2. The summed E-state index contributed by atoms with van der Waals surface area (Å²) in [5, 5.41) is 0.909. The van der Waals surface area contributed by atoms with Crippen molar-refractivity contribution in [3.8, 4) is 11.6 Å². The summed E-state index contributed by atoms with van der Waals surface area (Å²) < 4.78 is 18.3. The average molecular weight is 251 g/mol. The minimum atomic E-state index is -0.278. The van der Waals surface area contributed by atoms with E-state index in [1.165, 1.54) is 18.4 Å². The van der Waals surface area contributed by atoms with E-state index in [1.54, 1.807) is 6.07 Å². The summed E-state index contributed by atoms with van der Waals surface area (Å²) in [5.74, 6) is 0.482. The van der Waals surface area contributed by atoms with Gasteiger partial charge in [0.05, 0.1) is 11.6 Å². The Hall–Kier alpha value is -1.81. The van der Waals surface area contributed by atoms with Crippen molar-refractivity contribution < 1.29 is 8.81 Å². The van der Waals surface area contributed by atoms with Crippen LogP contribution in [0.1, 0.15) is 5.69 Å². The second kappa shape index (κ2) is 3.89. The number of fused-ring (bicyclic) bond motifs is 1. The highest BCUT2D eigenvalue weighted by molar-refractivity contribution is 6.16. The van der Waals surface area contributed by atoms with E-state index in [-0.39, 0.29) is 5.82 Å². The molecule has 0 aliphatic carbocycles. The number of aromatic amines is 1. The number of aromatic nitrogens is 2. The number of alkyl halides is 1. The van der Waals surface area contributed by atoms with Gasteiger partial charge in [-0.3, -0.25) is 0 Å². The van der Waals surface area contributed by atoms with Crippen molar-refractivity contribution in [2.24, 2.45) is 0 Å². The van der Waals surface area contributed by atoms with E-state index < -0.39 is 0 Å².